The van der Waals surface area contributed by atoms with E-state index in [1.807, 2.05) is 12.1 Å². The minimum atomic E-state index is 0.233. The highest BCUT2D eigenvalue weighted by Gasteiger charge is 2.34. The van der Waals surface area contributed by atoms with Crippen LogP contribution in [-0.4, -0.2) is 23.0 Å². The fraction of sp³-hybridized carbons (Fsp3) is 0.538. The highest BCUT2D eigenvalue weighted by molar-refractivity contribution is 5.84. The van der Waals surface area contributed by atoms with Crippen LogP contribution in [0.2, 0.25) is 0 Å². The summed E-state index contributed by atoms with van der Waals surface area (Å²) in [5.74, 6) is 0. The first-order valence-corrected chi connectivity index (χ1v) is 5.67. The summed E-state index contributed by atoms with van der Waals surface area (Å²) in [6.07, 6.45) is 2.80. The van der Waals surface area contributed by atoms with Gasteiger partial charge >= 0.3 is 0 Å². The molecule has 1 aromatic rings. The smallest absolute Gasteiger partial charge is 0.166 e. The minimum Gasteiger partial charge on any atom is -0.356 e. The molecule has 0 spiro atoms. The van der Waals surface area contributed by atoms with Gasteiger partial charge in [0, 0.05) is 17.8 Å². The third kappa shape index (κ3) is 2.08. The van der Waals surface area contributed by atoms with E-state index in [1.54, 1.807) is 0 Å². The molecule has 1 aliphatic rings. The summed E-state index contributed by atoms with van der Waals surface area (Å²) < 4.78 is 0. The number of rotatable bonds is 3. The minimum absolute atomic E-state index is 0.233. The molecule has 2 rings (SSSR count). The van der Waals surface area contributed by atoms with E-state index in [-0.39, 0.29) is 5.41 Å². The van der Waals surface area contributed by atoms with Crippen molar-refractivity contribution in [1.29, 1.82) is 0 Å². The highest BCUT2D eigenvalue weighted by atomic mass is 16.1. The number of aldehydes is 1. The van der Waals surface area contributed by atoms with Gasteiger partial charge in [-0.15, -0.1) is 0 Å². The van der Waals surface area contributed by atoms with E-state index in [2.05, 4.69) is 30.7 Å². The second-order valence-electron chi connectivity index (χ2n) is 5.31. The summed E-state index contributed by atoms with van der Waals surface area (Å²) >= 11 is 0. The number of nitrogens with zero attached hydrogens (tertiary/aromatic N) is 1. The number of carbonyl (C=O) groups excluding carboxylic acids is 1. The van der Waals surface area contributed by atoms with Crippen LogP contribution in [0, 0.1) is 5.41 Å². The largest absolute Gasteiger partial charge is 0.356 e. The Kier molecular flexibility index (Phi) is 2.70. The number of hydrogen-bond donors (Lipinski definition) is 1. The predicted molar refractivity (Wildman–Crippen MR) is 65.2 cm³/mol. The van der Waals surface area contributed by atoms with E-state index in [0.717, 1.165) is 24.8 Å². The van der Waals surface area contributed by atoms with Crippen LogP contribution in [0.25, 0.3) is 0 Å². The maximum Gasteiger partial charge on any atom is 0.166 e. The summed E-state index contributed by atoms with van der Waals surface area (Å²) in [6.45, 7) is 6.59. The Morgan fingerprint density at radius 3 is 2.81 bits per heavy atom. The molecule has 3 heteroatoms. The molecule has 0 bridgehead atoms. The van der Waals surface area contributed by atoms with Gasteiger partial charge in [-0.05, 0) is 30.9 Å². The van der Waals surface area contributed by atoms with E-state index in [4.69, 9.17) is 0 Å². The second-order valence-corrected chi connectivity index (χ2v) is 5.31. The molecule has 2 heterocycles. The molecule has 1 atom stereocenters. The zero-order valence-corrected chi connectivity index (χ0v) is 10.1. The Hall–Kier alpha value is -1.38. The molecule has 0 saturated heterocycles. The summed E-state index contributed by atoms with van der Waals surface area (Å²) in [5.41, 5.74) is 3.21. The lowest BCUT2D eigenvalue weighted by Gasteiger charge is -2.24. The van der Waals surface area contributed by atoms with Crippen molar-refractivity contribution < 1.29 is 4.79 Å². The normalized spacial score (nSPS) is 23.2. The van der Waals surface area contributed by atoms with Gasteiger partial charge < -0.3 is 4.98 Å². The van der Waals surface area contributed by atoms with Crippen LogP contribution in [-0.2, 0) is 6.42 Å². The Balaban J connectivity index is 2.12. The van der Waals surface area contributed by atoms with Gasteiger partial charge in [0.05, 0.1) is 11.7 Å². The molecule has 0 fully saturated rings. The molecule has 3 nitrogen and oxygen atoms in total. The van der Waals surface area contributed by atoms with Crippen LogP contribution in [0.1, 0.15) is 43.4 Å². The number of aromatic nitrogens is 1. The van der Waals surface area contributed by atoms with Crippen molar-refractivity contribution in [3.63, 3.8) is 0 Å². The lowest BCUT2D eigenvalue weighted by molar-refractivity contribution is 0.111. The fourth-order valence-corrected chi connectivity index (χ4v) is 2.44. The van der Waals surface area contributed by atoms with Gasteiger partial charge in [0.1, 0.15) is 0 Å². The zero-order chi connectivity index (χ0) is 11.8. The van der Waals surface area contributed by atoms with Gasteiger partial charge in [-0.25, -0.2) is 0 Å². The van der Waals surface area contributed by atoms with Crippen LogP contribution in [0.15, 0.2) is 17.1 Å². The number of hydrogen-bond acceptors (Lipinski definition) is 2. The van der Waals surface area contributed by atoms with Crippen LogP contribution in [0.5, 0.6) is 0 Å². The molecule has 1 unspecified atom stereocenters. The monoisotopic (exact) mass is 218 g/mol. The molecular weight excluding hydrogens is 200 g/mol. The molecule has 16 heavy (non-hydrogen) atoms. The van der Waals surface area contributed by atoms with Crippen molar-refractivity contribution in [3.8, 4) is 0 Å². The second kappa shape index (κ2) is 3.89. The molecule has 1 N–H and O–H groups in total. The molecule has 0 aromatic carbocycles. The fourth-order valence-electron chi connectivity index (χ4n) is 2.44. The van der Waals surface area contributed by atoms with Gasteiger partial charge in [-0.1, -0.05) is 13.8 Å². The van der Waals surface area contributed by atoms with E-state index < -0.39 is 0 Å². The van der Waals surface area contributed by atoms with Crippen molar-refractivity contribution in [3.05, 3.63) is 23.5 Å². The van der Waals surface area contributed by atoms with Crippen molar-refractivity contribution in [1.82, 2.24) is 4.98 Å². The third-order valence-electron chi connectivity index (χ3n) is 3.30. The predicted octanol–water partition coefficient (Wildman–Crippen LogP) is 2.63. The third-order valence-corrected chi connectivity index (χ3v) is 3.30. The first-order valence-electron chi connectivity index (χ1n) is 5.67. The van der Waals surface area contributed by atoms with Gasteiger partial charge in [-0.3, -0.25) is 9.79 Å². The standard InChI is InChI=1S/C13H18N2O/c1-9-7-13(2,3)12(14-9)6-10-4-5-11(8-16)15-10/h4-5,8,12,15H,6-7H2,1-3H3. The van der Waals surface area contributed by atoms with Gasteiger partial charge in [0.2, 0.25) is 0 Å². The van der Waals surface area contributed by atoms with E-state index in [9.17, 15) is 4.79 Å². The summed E-state index contributed by atoms with van der Waals surface area (Å²) in [4.78, 5) is 18.4. The van der Waals surface area contributed by atoms with Gasteiger partial charge in [0.25, 0.3) is 0 Å². The topological polar surface area (TPSA) is 45.2 Å². The quantitative estimate of drug-likeness (QED) is 0.779. The SMILES string of the molecule is CC1=NC(Cc2ccc(C=O)[nH]2)C(C)(C)C1. The van der Waals surface area contributed by atoms with Crippen LogP contribution in [0.4, 0.5) is 0 Å². The number of nitrogens with one attached hydrogen (secondary N) is 1. The van der Waals surface area contributed by atoms with Gasteiger partial charge in [0.15, 0.2) is 6.29 Å². The molecule has 86 valence electrons. The molecule has 0 amide bonds. The average molecular weight is 218 g/mol. The first kappa shape index (κ1) is 11.1. The molecule has 0 aliphatic carbocycles. The van der Waals surface area contributed by atoms with Crippen molar-refractivity contribution in [2.45, 2.75) is 39.7 Å². The van der Waals surface area contributed by atoms with E-state index >= 15 is 0 Å². The highest BCUT2D eigenvalue weighted by Crippen LogP contribution is 2.35. The number of H-pyrrole nitrogens is 1. The number of aromatic amines is 1. The molecule has 0 saturated carbocycles. The van der Waals surface area contributed by atoms with Crippen molar-refractivity contribution in [2.24, 2.45) is 10.4 Å². The summed E-state index contributed by atoms with van der Waals surface area (Å²) in [6, 6.07) is 4.12. The lowest BCUT2D eigenvalue weighted by atomic mass is 9.81. The van der Waals surface area contributed by atoms with Crippen LogP contribution in [0.3, 0.4) is 0 Å². The Bertz CT molecular complexity index is 429. The Morgan fingerprint density at radius 1 is 1.56 bits per heavy atom. The number of aliphatic imine (C=N–C) groups is 1. The number of carbonyl (C=O) groups is 1. The van der Waals surface area contributed by atoms with Crippen molar-refractivity contribution >= 4 is 12.0 Å². The van der Waals surface area contributed by atoms with Crippen LogP contribution >= 0.6 is 0 Å². The summed E-state index contributed by atoms with van der Waals surface area (Å²) in [5, 5.41) is 0. The Morgan fingerprint density at radius 2 is 2.31 bits per heavy atom. The summed E-state index contributed by atoms with van der Waals surface area (Å²) in [7, 11) is 0. The maximum absolute atomic E-state index is 10.6. The lowest BCUT2D eigenvalue weighted by Crippen LogP contribution is -2.25. The molecule has 1 aromatic heterocycles. The maximum atomic E-state index is 10.6. The van der Waals surface area contributed by atoms with E-state index in [0.29, 0.717) is 11.7 Å². The van der Waals surface area contributed by atoms with Crippen molar-refractivity contribution in [2.75, 3.05) is 0 Å². The van der Waals surface area contributed by atoms with Crippen LogP contribution < -0.4 is 0 Å². The average Bonchev–Trinajstić information content (AvgIpc) is 2.72. The van der Waals surface area contributed by atoms with Gasteiger partial charge in [-0.2, -0.15) is 0 Å². The Labute approximate surface area is 96.0 Å². The first-order chi connectivity index (χ1) is 7.51. The molecule has 1 aliphatic heterocycles. The molecular formula is C13H18N2O. The van der Waals surface area contributed by atoms with E-state index in [1.165, 1.54) is 5.71 Å². The molecule has 0 radical (unpaired) electrons. The zero-order valence-electron chi connectivity index (χ0n) is 10.1.